The van der Waals surface area contributed by atoms with Crippen molar-refractivity contribution in [3.05, 3.63) is 78.0 Å². The second kappa shape index (κ2) is 9.19. The molecule has 0 aliphatic rings. The molecule has 0 spiro atoms. The van der Waals surface area contributed by atoms with Crippen molar-refractivity contribution >= 4 is 5.91 Å². The van der Waals surface area contributed by atoms with Crippen molar-refractivity contribution in [1.29, 1.82) is 0 Å². The smallest absolute Gasteiger partial charge is 0.406 e. The molecular weight excluding hydrogens is 437 g/mol. The summed E-state index contributed by atoms with van der Waals surface area (Å²) in [5.74, 6) is -0.161. The van der Waals surface area contributed by atoms with Gasteiger partial charge >= 0.3 is 6.36 Å². The van der Waals surface area contributed by atoms with Gasteiger partial charge in [0.2, 0.25) is 11.7 Å². The summed E-state index contributed by atoms with van der Waals surface area (Å²) in [6.45, 7) is 2.46. The molecule has 0 bridgehead atoms. The second-order valence-electron chi connectivity index (χ2n) is 7.28. The third-order valence-corrected chi connectivity index (χ3v) is 4.75. The summed E-state index contributed by atoms with van der Waals surface area (Å²) in [7, 11) is 0. The number of benzene rings is 2. The van der Waals surface area contributed by atoms with Crippen LogP contribution in [0.3, 0.4) is 0 Å². The number of amides is 1. The molecule has 1 N–H and O–H groups in total. The molecular formula is C23H19F3N4O3. The van der Waals surface area contributed by atoms with Gasteiger partial charge in [0.1, 0.15) is 18.0 Å². The van der Waals surface area contributed by atoms with Crippen LogP contribution in [0, 0.1) is 6.92 Å². The Hall–Kier alpha value is -4.08. The van der Waals surface area contributed by atoms with E-state index in [1.165, 1.54) is 24.3 Å². The van der Waals surface area contributed by atoms with Crippen molar-refractivity contribution in [2.75, 3.05) is 0 Å². The van der Waals surface area contributed by atoms with E-state index in [1.807, 2.05) is 31.2 Å². The zero-order valence-electron chi connectivity index (χ0n) is 17.5. The van der Waals surface area contributed by atoms with E-state index in [4.69, 9.17) is 4.52 Å². The first kappa shape index (κ1) is 22.1. The number of nitrogens with zero attached hydrogens (tertiary/aromatic N) is 3. The minimum absolute atomic E-state index is 0.0510. The number of aryl methyl sites for hydroxylation is 1. The maximum Gasteiger partial charge on any atom is 0.573 e. The van der Waals surface area contributed by atoms with Crippen LogP contribution in [0.1, 0.15) is 11.1 Å². The third-order valence-electron chi connectivity index (χ3n) is 4.75. The number of alkyl halides is 3. The molecule has 7 nitrogen and oxygen atoms in total. The molecule has 4 rings (SSSR count). The molecule has 33 heavy (non-hydrogen) atoms. The summed E-state index contributed by atoms with van der Waals surface area (Å²) < 4.78 is 47.8. The molecule has 0 aliphatic heterocycles. The van der Waals surface area contributed by atoms with Crippen molar-refractivity contribution in [1.82, 2.24) is 20.0 Å². The molecule has 4 aromatic rings. The van der Waals surface area contributed by atoms with Crippen LogP contribution in [0.5, 0.6) is 5.75 Å². The molecule has 0 atom stereocenters. The van der Waals surface area contributed by atoms with Gasteiger partial charge in [-0.1, -0.05) is 35.0 Å². The van der Waals surface area contributed by atoms with E-state index in [1.54, 1.807) is 22.9 Å². The number of carbonyl (C=O) groups is 1. The summed E-state index contributed by atoms with van der Waals surface area (Å²) in [4.78, 5) is 16.7. The van der Waals surface area contributed by atoms with Crippen LogP contribution in [-0.2, 0) is 17.9 Å². The zero-order valence-corrected chi connectivity index (χ0v) is 17.5. The van der Waals surface area contributed by atoms with Gasteiger partial charge in [0.15, 0.2) is 0 Å². The van der Waals surface area contributed by atoms with E-state index in [9.17, 15) is 18.0 Å². The fraction of sp³-hybridized carbons (Fsp3) is 0.174. The van der Waals surface area contributed by atoms with E-state index >= 15 is 0 Å². The van der Waals surface area contributed by atoms with E-state index in [0.717, 1.165) is 11.1 Å². The molecule has 2 aromatic heterocycles. The third kappa shape index (κ3) is 5.79. The number of ether oxygens (including phenoxy) is 1. The number of hydrogen-bond acceptors (Lipinski definition) is 5. The Kier molecular flexibility index (Phi) is 6.16. The number of nitrogens with one attached hydrogen (secondary N) is 1. The van der Waals surface area contributed by atoms with Gasteiger partial charge in [0.25, 0.3) is 5.89 Å². The molecule has 1 amide bonds. The fourth-order valence-electron chi connectivity index (χ4n) is 3.11. The molecule has 2 aromatic carbocycles. The van der Waals surface area contributed by atoms with Gasteiger partial charge in [-0.2, -0.15) is 4.98 Å². The van der Waals surface area contributed by atoms with Crippen LogP contribution in [0.15, 0.2) is 71.4 Å². The first-order valence-electron chi connectivity index (χ1n) is 9.94. The van der Waals surface area contributed by atoms with E-state index < -0.39 is 6.36 Å². The van der Waals surface area contributed by atoms with Gasteiger partial charge < -0.3 is 19.1 Å². The average molecular weight is 456 g/mol. The van der Waals surface area contributed by atoms with Crippen LogP contribution < -0.4 is 10.1 Å². The zero-order chi connectivity index (χ0) is 23.4. The fourth-order valence-corrected chi connectivity index (χ4v) is 3.11. The SMILES string of the molecule is Cc1ccc(CNC(=O)Cn2cccc2-c2nc(-c3ccc(OC(F)(F)F)cc3)no2)cc1. The molecule has 0 fully saturated rings. The Balaban J connectivity index is 1.41. The van der Waals surface area contributed by atoms with Crippen LogP contribution in [0.25, 0.3) is 23.0 Å². The molecule has 0 aliphatic carbocycles. The summed E-state index contributed by atoms with van der Waals surface area (Å²) in [6.07, 6.45) is -3.05. The molecule has 10 heteroatoms. The van der Waals surface area contributed by atoms with Crippen molar-refractivity contribution in [2.45, 2.75) is 26.4 Å². The van der Waals surface area contributed by atoms with Gasteiger partial charge in [0, 0.05) is 18.3 Å². The molecule has 0 radical (unpaired) electrons. The Labute approximate surface area is 186 Å². The molecule has 0 saturated carbocycles. The number of carbonyl (C=O) groups excluding carboxylic acids is 1. The summed E-state index contributed by atoms with van der Waals surface area (Å²) in [5.41, 5.74) is 3.13. The van der Waals surface area contributed by atoms with Gasteiger partial charge in [-0.05, 0) is 48.9 Å². The first-order chi connectivity index (χ1) is 15.8. The Morgan fingerprint density at radius 3 is 2.52 bits per heavy atom. The predicted molar refractivity (Wildman–Crippen MR) is 113 cm³/mol. The molecule has 170 valence electrons. The highest BCUT2D eigenvalue weighted by Crippen LogP contribution is 2.27. The monoisotopic (exact) mass is 456 g/mol. The normalized spacial score (nSPS) is 11.4. The van der Waals surface area contributed by atoms with Crippen LogP contribution >= 0.6 is 0 Å². The predicted octanol–water partition coefficient (Wildman–Crippen LogP) is 4.73. The first-order valence-corrected chi connectivity index (χ1v) is 9.94. The second-order valence-corrected chi connectivity index (χ2v) is 7.28. The van der Waals surface area contributed by atoms with Crippen molar-refractivity contribution in [3.63, 3.8) is 0 Å². The van der Waals surface area contributed by atoms with Gasteiger partial charge in [0.05, 0.1) is 0 Å². The minimum atomic E-state index is -4.77. The molecule has 0 unspecified atom stereocenters. The van der Waals surface area contributed by atoms with Crippen LogP contribution in [-0.4, -0.2) is 27.0 Å². The Morgan fingerprint density at radius 2 is 1.82 bits per heavy atom. The minimum Gasteiger partial charge on any atom is -0.406 e. The van der Waals surface area contributed by atoms with Crippen molar-refractivity contribution in [3.8, 4) is 28.7 Å². The van der Waals surface area contributed by atoms with Crippen LogP contribution in [0.4, 0.5) is 13.2 Å². The maximum absolute atomic E-state index is 12.4. The molecule has 0 saturated heterocycles. The van der Waals surface area contributed by atoms with E-state index in [2.05, 4.69) is 20.2 Å². The molecule has 2 heterocycles. The number of halogens is 3. The highest BCUT2D eigenvalue weighted by molar-refractivity contribution is 5.76. The standard InChI is InChI=1S/C23H19F3N4O3/c1-15-4-6-16(7-5-15)13-27-20(31)14-30-12-2-3-19(30)22-28-21(29-33-22)17-8-10-18(11-9-17)32-23(24,25)26/h2-12H,13-14H2,1H3,(H,27,31). The highest BCUT2D eigenvalue weighted by Gasteiger charge is 2.31. The lowest BCUT2D eigenvalue weighted by molar-refractivity contribution is -0.274. The van der Waals surface area contributed by atoms with Crippen LogP contribution in [0.2, 0.25) is 0 Å². The number of aromatic nitrogens is 3. The largest absolute Gasteiger partial charge is 0.573 e. The Morgan fingerprint density at radius 1 is 1.09 bits per heavy atom. The van der Waals surface area contributed by atoms with Gasteiger partial charge in [-0.25, -0.2) is 0 Å². The Bertz CT molecular complexity index is 1230. The van der Waals surface area contributed by atoms with Crippen molar-refractivity contribution < 1.29 is 27.2 Å². The highest BCUT2D eigenvalue weighted by atomic mass is 19.4. The lowest BCUT2D eigenvalue weighted by Crippen LogP contribution is -2.27. The van der Waals surface area contributed by atoms with E-state index in [0.29, 0.717) is 17.8 Å². The number of hydrogen-bond donors (Lipinski definition) is 1. The van der Waals surface area contributed by atoms with Gasteiger partial charge in [-0.15, -0.1) is 13.2 Å². The summed E-state index contributed by atoms with van der Waals surface area (Å²) in [6, 6.07) is 16.5. The van der Waals surface area contributed by atoms with E-state index in [-0.39, 0.29) is 29.9 Å². The summed E-state index contributed by atoms with van der Waals surface area (Å²) in [5, 5.41) is 6.76. The quantitative estimate of drug-likeness (QED) is 0.435. The summed E-state index contributed by atoms with van der Waals surface area (Å²) >= 11 is 0. The lowest BCUT2D eigenvalue weighted by Gasteiger charge is -2.08. The maximum atomic E-state index is 12.4. The van der Waals surface area contributed by atoms with Crippen molar-refractivity contribution in [2.24, 2.45) is 0 Å². The van der Waals surface area contributed by atoms with Gasteiger partial charge in [-0.3, -0.25) is 4.79 Å². The average Bonchev–Trinajstić information content (AvgIpc) is 3.42. The number of rotatable bonds is 7. The topological polar surface area (TPSA) is 82.2 Å². The lowest BCUT2D eigenvalue weighted by atomic mass is 10.1.